The van der Waals surface area contributed by atoms with E-state index < -0.39 is 0 Å². The molecule has 0 radical (unpaired) electrons. The summed E-state index contributed by atoms with van der Waals surface area (Å²) in [5.74, 6) is -0.218. The SMILES string of the molecule is CN(Cc1c(F)cccc1Cl)CC1(C)CCNC1.Cl. The molecular formula is C14H21Cl2FN2. The predicted molar refractivity (Wildman–Crippen MR) is 80.6 cm³/mol. The van der Waals surface area contributed by atoms with E-state index in [1.807, 2.05) is 7.05 Å². The summed E-state index contributed by atoms with van der Waals surface area (Å²) in [5.41, 5.74) is 0.878. The zero-order chi connectivity index (χ0) is 13.2. The minimum Gasteiger partial charge on any atom is -0.316 e. The van der Waals surface area contributed by atoms with Gasteiger partial charge in [-0.3, -0.25) is 0 Å². The molecule has 0 spiro atoms. The minimum absolute atomic E-state index is 0. The standard InChI is InChI=1S/C14H20ClFN2.ClH/c1-14(6-7-17-9-14)10-18(2)8-11-12(15)4-3-5-13(11)16;/h3-5,17H,6-10H2,1-2H3;1H. The number of hydrogen-bond acceptors (Lipinski definition) is 2. The highest BCUT2D eigenvalue weighted by Crippen LogP contribution is 2.27. The predicted octanol–water partition coefficient (Wildman–Crippen LogP) is 3.33. The Hall–Kier alpha value is -0.350. The average molecular weight is 307 g/mol. The lowest BCUT2D eigenvalue weighted by Crippen LogP contribution is -2.35. The Morgan fingerprint density at radius 1 is 1.47 bits per heavy atom. The zero-order valence-corrected chi connectivity index (χ0v) is 13.0. The van der Waals surface area contributed by atoms with Gasteiger partial charge in [-0.25, -0.2) is 4.39 Å². The monoisotopic (exact) mass is 306 g/mol. The third kappa shape index (κ3) is 4.32. The highest BCUT2D eigenvalue weighted by molar-refractivity contribution is 6.31. The second kappa shape index (κ2) is 6.89. The zero-order valence-electron chi connectivity index (χ0n) is 11.4. The first-order valence-electron chi connectivity index (χ1n) is 6.32. The van der Waals surface area contributed by atoms with Crippen LogP contribution < -0.4 is 5.32 Å². The van der Waals surface area contributed by atoms with Gasteiger partial charge in [0.2, 0.25) is 0 Å². The molecule has 1 aliphatic heterocycles. The maximum absolute atomic E-state index is 13.7. The molecule has 1 N–H and O–H groups in total. The van der Waals surface area contributed by atoms with Crippen molar-refractivity contribution < 1.29 is 4.39 Å². The van der Waals surface area contributed by atoms with E-state index >= 15 is 0 Å². The summed E-state index contributed by atoms with van der Waals surface area (Å²) in [6, 6.07) is 4.85. The Bertz CT molecular complexity index is 400. The Labute approximate surface area is 125 Å². The summed E-state index contributed by atoms with van der Waals surface area (Å²) in [7, 11) is 2.02. The van der Waals surface area contributed by atoms with Crippen molar-refractivity contribution >= 4 is 24.0 Å². The summed E-state index contributed by atoms with van der Waals surface area (Å²) in [6.45, 7) is 5.88. The first-order chi connectivity index (χ1) is 8.50. The van der Waals surface area contributed by atoms with Crippen LogP contribution in [0.2, 0.25) is 5.02 Å². The highest BCUT2D eigenvalue weighted by atomic mass is 35.5. The van der Waals surface area contributed by atoms with Gasteiger partial charge in [0.1, 0.15) is 5.82 Å². The maximum atomic E-state index is 13.7. The molecule has 19 heavy (non-hydrogen) atoms. The van der Waals surface area contributed by atoms with Gasteiger partial charge in [-0.15, -0.1) is 12.4 Å². The van der Waals surface area contributed by atoms with Crippen LogP contribution in [0.5, 0.6) is 0 Å². The van der Waals surface area contributed by atoms with Crippen LogP contribution in [-0.4, -0.2) is 31.6 Å². The fourth-order valence-electron chi connectivity index (χ4n) is 2.66. The average Bonchev–Trinajstić information content (AvgIpc) is 2.70. The van der Waals surface area contributed by atoms with E-state index in [0.29, 0.717) is 17.1 Å². The maximum Gasteiger partial charge on any atom is 0.129 e. The number of rotatable bonds is 4. The van der Waals surface area contributed by atoms with Crippen LogP contribution >= 0.6 is 24.0 Å². The lowest BCUT2D eigenvalue weighted by Gasteiger charge is -2.29. The van der Waals surface area contributed by atoms with Crippen LogP contribution in [0, 0.1) is 11.2 Å². The fourth-order valence-corrected chi connectivity index (χ4v) is 2.89. The number of benzene rings is 1. The molecule has 108 valence electrons. The van der Waals surface area contributed by atoms with Crippen LogP contribution in [0.15, 0.2) is 18.2 Å². The van der Waals surface area contributed by atoms with Gasteiger partial charge in [-0.1, -0.05) is 24.6 Å². The van der Waals surface area contributed by atoms with Gasteiger partial charge < -0.3 is 10.2 Å². The normalized spacial score (nSPS) is 22.6. The molecule has 1 aromatic rings. The van der Waals surface area contributed by atoms with Crippen LogP contribution in [0.25, 0.3) is 0 Å². The highest BCUT2D eigenvalue weighted by Gasteiger charge is 2.29. The molecular weight excluding hydrogens is 286 g/mol. The van der Waals surface area contributed by atoms with Gasteiger partial charge in [0.05, 0.1) is 0 Å². The fraction of sp³-hybridized carbons (Fsp3) is 0.571. The Morgan fingerprint density at radius 2 is 2.21 bits per heavy atom. The van der Waals surface area contributed by atoms with Crippen LogP contribution in [0.1, 0.15) is 18.9 Å². The van der Waals surface area contributed by atoms with Gasteiger partial charge in [-0.2, -0.15) is 0 Å². The topological polar surface area (TPSA) is 15.3 Å². The van der Waals surface area contributed by atoms with Crippen molar-refractivity contribution in [3.05, 3.63) is 34.6 Å². The van der Waals surface area contributed by atoms with Crippen LogP contribution in [-0.2, 0) is 6.54 Å². The molecule has 0 bridgehead atoms. The third-order valence-electron chi connectivity index (χ3n) is 3.60. The second-order valence-corrected chi connectivity index (χ2v) is 6.02. The van der Waals surface area contributed by atoms with E-state index in [-0.39, 0.29) is 23.6 Å². The van der Waals surface area contributed by atoms with E-state index in [1.165, 1.54) is 12.5 Å². The molecule has 1 aromatic carbocycles. The molecule has 1 atom stereocenters. The number of nitrogens with one attached hydrogen (secondary N) is 1. The van der Waals surface area contributed by atoms with Crippen molar-refractivity contribution in [3.8, 4) is 0 Å². The first kappa shape index (κ1) is 16.7. The smallest absolute Gasteiger partial charge is 0.129 e. The lowest BCUT2D eigenvalue weighted by molar-refractivity contribution is 0.202. The summed E-state index contributed by atoms with van der Waals surface area (Å²) in [4.78, 5) is 2.15. The molecule has 0 aromatic heterocycles. The van der Waals surface area contributed by atoms with E-state index in [1.54, 1.807) is 12.1 Å². The Kier molecular flexibility index (Phi) is 6.06. The second-order valence-electron chi connectivity index (χ2n) is 5.61. The molecule has 1 heterocycles. The molecule has 0 saturated carbocycles. The molecule has 1 fully saturated rings. The molecule has 0 aliphatic carbocycles. The van der Waals surface area contributed by atoms with Crippen molar-refractivity contribution in [1.29, 1.82) is 0 Å². The van der Waals surface area contributed by atoms with E-state index in [2.05, 4.69) is 17.1 Å². The van der Waals surface area contributed by atoms with Crippen LogP contribution in [0.3, 0.4) is 0 Å². The Balaban J connectivity index is 0.00000180. The molecule has 1 aliphatic rings. The van der Waals surface area contributed by atoms with Crippen LogP contribution in [0.4, 0.5) is 4.39 Å². The van der Waals surface area contributed by atoms with Gasteiger partial charge >= 0.3 is 0 Å². The molecule has 5 heteroatoms. The van der Waals surface area contributed by atoms with E-state index in [0.717, 1.165) is 19.6 Å². The molecule has 1 saturated heterocycles. The summed E-state index contributed by atoms with van der Waals surface area (Å²) in [5, 5.41) is 3.89. The largest absolute Gasteiger partial charge is 0.316 e. The summed E-state index contributed by atoms with van der Waals surface area (Å²) < 4.78 is 13.7. The number of halogens is 3. The first-order valence-corrected chi connectivity index (χ1v) is 6.70. The third-order valence-corrected chi connectivity index (χ3v) is 3.95. The number of hydrogen-bond donors (Lipinski definition) is 1. The van der Waals surface area contributed by atoms with Gasteiger partial charge in [0.25, 0.3) is 0 Å². The lowest BCUT2D eigenvalue weighted by atomic mass is 9.89. The van der Waals surface area contributed by atoms with Crippen molar-refractivity contribution in [2.75, 3.05) is 26.7 Å². The quantitative estimate of drug-likeness (QED) is 0.918. The summed E-state index contributed by atoms with van der Waals surface area (Å²) in [6.07, 6.45) is 1.17. The molecule has 1 unspecified atom stereocenters. The van der Waals surface area contributed by atoms with Crippen molar-refractivity contribution in [2.24, 2.45) is 5.41 Å². The molecule has 0 amide bonds. The minimum atomic E-state index is -0.218. The van der Waals surface area contributed by atoms with Crippen molar-refractivity contribution in [3.63, 3.8) is 0 Å². The van der Waals surface area contributed by atoms with Crippen molar-refractivity contribution in [2.45, 2.75) is 19.9 Å². The van der Waals surface area contributed by atoms with Gasteiger partial charge in [0.15, 0.2) is 0 Å². The summed E-state index contributed by atoms with van der Waals surface area (Å²) >= 11 is 6.05. The van der Waals surface area contributed by atoms with E-state index in [4.69, 9.17) is 11.6 Å². The molecule has 2 rings (SSSR count). The molecule has 2 nitrogen and oxygen atoms in total. The van der Waals surface area contributed by atoms with Gasteiger partial charge in [-0.05, 0) is 37.6 Å². The van der Waals surface area contributed by atoms with E-state index in [9.17, 15) is 4.39 Å². The van der Waals surface area contributed by atoms with Gasteiger partial charge in [0, 0.05) is 30.2 Å². The Morgan fingerprint density at radius 3 is 2.79 bits per heavy atom. The van der Waals surface area contributed by atoms with Crippen molar-refractivity contribution in [1.82, 2.24) is 10.2 Å². The number of nitrogens with zero attached hydrogens (tertiary/aromatic N) is 1.